The molecule has 0 aromatic rings. The van der Waals surface area contributed by atoms with Gasteiger partial charge in [-0.15, -0.1) is 11.6 Å². The van der Waals surface area contributed by atoms with Crippen molar-refractivity contribution in [2.75, 3.05) is 0 Å². The highest BCUT2D eigenvalue weighted by molar-refractivity contribution is 7.30. The molecule has 0 amide bonds. The van der Waals surface area contributed by atoms with E-state index in [0.717, 1.165) is 11.8 Å². The molecule has 0 unspecified atom stereocenters. The standard InChI is InChI=1S/C21H43Cl.H3O3P/c1-6-7-16-21(22,17-12-8-10-14-19(2)3)18-13-9-11-15-20(4)5;1-4(2)3/h19-20H,6-18H2,1-5H3;4H,(H2,1,2,3). The summed E-state index contributed by atoms with van der Waals surface area (Å²) in [4.78, 5) is 14.4. The van der Waals surface area contributed by atoms with Gasteiger partial charge in [-0.25, -0.2) is 0 Å². The average molecular weight is 413 g/mol. The normalized spacial score (nSPS) is 12.0. The highest BCUT2D eigenvalue weighted by atomic mass is 35.5. The number of hydrogen-bond donors (Lipinski definition) is 2. The van der Waals surface area contributed by atoms with Gasteiger partial charge in [0, 0.05) is 4.87 Å². The molecule has 0 fully saturated rings. The van der Waals surface area contributed by atoms with Gasteiger partial charge in [-0.05, 0) is 31.1 Å². The van der Waals surface area contributed by atoms with Crippen molar-refractivity contribution in [1.29, 1.82) is 0 Å². The Kier molecular flexibility index (Phi) is 20.7. The molecule has 0 aliphatic carbocycles. The first kappa shape index (κ1) is 28.6. The van der Waals surface area contributed by atoms with Crippen molar-refractivity contribution in [3.05, 3.63) is 0 Å². The summed E-state index contributed by atoms with van der Waals surface area (Å²) in [6.45, 7) is 11.6. The Morgan fingerprint density at radius 2 is 1.12 bits per heavy atom. The molecule has 0 aliphatic heterocycles. The fourth-order valence-electron chi connectivity index (χ4n) is 3.21. The van der Waals surface area contributed by atoms with Crippen LogP contribution in [0.15, 0.2) is 0 Å². The summed E-state index contributed by atoms with van der Waals surface area (Å²) in [5.41, 5.74) is 0. The van der Waals surface area contributed by atoms with E-state index in [2.05, 4.69) is 34.6 Å². The van der Waals surface area contributed by atoms with Gasteiger partial charge in [-0.3, -0.25) is 4.57 Å². The van der Waals surface area contributed by atoms with Crippen LogP contribution in [-0.2, 0) is 4.57 Å². The summed E-state index contributed by atoms with van der Waals surface area (Å²) in [7, 11) is -3.13. The van der Waals surface area contributed by atoms with Crippen LogP contribution >= 0.6 is 19.9 Å². The van der Waals surface area contributed by atoms with E-state index in [1.54, 1.807) is 0 Å². The average Bonchev–Trinajstić information content (AvgIpc) is 2.51. The Morgan fingerprint density at radius 3 is 1.42 bits per heavy atom. The van der Waals surface area contributed by atoms with Crippen molar-refractivity contribution in [3.63, 3.8) is 0 Å². The monoisotopic (exact) mass is 412 g/mol. The number of rotatable bonds is 15. The molecule has 2 N–H and O–H groups in total. The zero-order valence-electron chi connectivity index (χ0n) is 18.0. The van der Waals surface area contributed by atoms with Crippen LogP contribution in [0.3, 0.4) is 0 Å². The van der Waals surface area contributed by atoms with Gasteiger partial charge in [-0.1, -0.05) is 98.8 Å². The third kappa shape index (κ3) is 24.4. The van der Waals surface area contributed by atoms with Crippen LogP contribution in [0.25, 0.3) is 0 Å². The van der Waals surface area contributed by atoms with Gasteiger partial charge in [0.25, 0.3) is 0 Å². The molecule has 0 bridgehead atoms. The van der Waals surface area contributed by atoms with Gasteiger partial charge in [0.1, 0.15) is 0 Å². The summed E-state index contributed by atoms with van der Waals surface area (Å²) < 4.78 is 8.74. The molecule has 0 aromatic carbocycles. The Morgan fingerprint density at radius 1 is 0.769 bits per heavy atom. The third-order valence-electron chi connectivity index (χ3n) is 4.79. The largest absolute Gasteiger partial charge is 0.326 e. The van der Waals surface area contributed by atoms with Gasteiger partial charge < -0.3 is 9.79 Å². The molecule has 0 saturated heterocycles. The first-order valence-electron chi connectivity index (χ1n) is 10.7. The number of hydrogen-bond acceptors (Lipinski definition) is 1. The second-order valence-corrected chi connectivity index (χ2v) is 9.89. The van der Waals surface area contributed by atoms with Crippen molar-refractivity contribution in [2.24, 2.45) is 11.8 Å². The Bertz CT molecular complexity index is 300. The zero-order chi connectivity index (χ0) is 20.4. The minimum absolute atomic E-state index is 0.103. The van der Waals surface area contributed by atoms with E-state index in [9.17, 15) is 0 Å². The molecule has 26 heavy (non-hydrogen) atoms. The molecule has 3 nitrogen and oxygen atoms in total. The van der Waals surface area contributed by atoms with E-state index < -0.39 is 8.25 Å². The lowest BCUT2D eigenvalue weighted by Gasteiger charge is -2.27. The van der Waals surface area contributed by atoms with E-state index in [4.69, 9.17) is 26.0 Å². The molecule has 5 heteroatoms. The van der Waals surface area contributed by atoms with Crippen molar-refractivity contribution in [1.82, 2.24) is 0 Å². The number of halogens is 1. The molecular weight excluding hydrogens is 367 g/mol. The quantitative estimate of drug-likeness (QED) is 0.164. The Hall–Kier alpha value is 0.440. The fraction of sp³-hybridized carbons (Fsp3) is 1.00. The number of alkyl halides is 1. The fourth-order valence-corrected chi connectivity index (χ4v) is 3.61. The van der Waals surface area contributed by atoms with Gasteiger partial charge in [0.15, 0.2) is 0 Å². The molecule has 0 radical (unpaired) electrons. The lowest BCUT2D eigenvalue weighted by molar-refractivity contribution is 0.395. The molecule has 0 aliphatic rings. The van der Waals surface area contributed by atoms with Crippen molar-refractivity contribution >= 4 is 19.9 Å². The second kappa shape index (κ2) is 18.8. The zero-order valence-corrected chi connectivity index (χ0v) is 19.8. The third-order valence-corrected chi connectivity index (χ3v) is 5.36. The van der Waals surface area contributed by atoms with Crippen LogP contribution in [0.5, 0.6) is 0 Å². The molecular formula is C21H46ClO3P. The van der Waals surface area contributed by atoms with Gasteiger partial charge >= 0.3 is 8.25 Å². The van der Waals surface area contributed by atoms with Crippen LogP contribution in [-0.4, -0.2) is 14.7 Å². The Labute approximate surface area is 169 Å². The van der Waals surface area contributed by atoms with Crippen LogP contribution in [0, 0.1) is 11.8 Å². The summed E-state index contributed by atoms with van der Waals surface area (Å²) in [5, 5.41) is 0. The molecule has 0 rings (SSSR count). The van der Waals surface area contributed by atoms with Crippen LogP contribution in [0.2, 0.25) is 0 Å². The van der Waals surface area contributed by atoms with E-state index >= 15 is 0 Å². The smallest absolute Gasteiger partial charge is 0.314 e. The lowest BCUT2D eigenvalue weighted by Crippen LogP contribution is -2.21. The highest BCUT2D eigenvalue weighted by Gasteiger charge is 2.25. The maximum atomic E-state index is 8.74. The second-order valence-electron chi connectivity index (χ2n) is 8.52. The minimum Gasteiger partial charge on any atom is -0.326 e. The topological polar surface area (TPSA) is 57.5 Å². The summed E-state index contributed by atoms with van der Waals surface area (Å²) >= 11 is 7.00. The molecule has 0 heterocycles. The van der Waals surface area contributed by atoms with Crippen LogP contribution in [0.1, 0.15) is 118 Å². The van der Waals surface area contributed by atoms with Crippen molar-refractivity contribution < 1.29 is 14.4 Å². The van der Waals surface area contributed by atoms with Crippen molar-refractivity contribution in [2.45, 2.75) is 123 Å². The van der Waals surface area contributed by atoms with Gasteiger partial charge in [0.2, 0.25) is 0 Å². The minimum atomic E-state index is -3.13. The van der Waals surface area contributed by atoms with E-state index in [0.29, 0.717) is 0 Å². The summed E-state index contributed by atoms with van der Waals surface area (Å²) in [6, 6.07) is 0. The molecule has 0 saturated carbocycles. The van der Waals surface area contributed by atoms with Gasteiger partial charge in [-0.2, -0.15) is 0 Å². The molecule has 0 spiro atoms. The van der Waals surface area contributed by atoms with E-state index in [1.165, 1.54) is 83.5 Å². The number of unbranched alkanes of at least 4 members (excludes halogenated alkanes) is 5. The predicted molar refractivity (Wildman–Crippen MR) is 117 cm³/mol. The predicted octanol–water partition coefficient (Wildman–Crippen LogP) is 7.73. The molecule has 160 valence electrons. The Balaban J connectivity index is 0. The molecule has 0 atom stereocenters. The first-order valence-corrected chi connectivity index (χ1v) is 12.4. The summed E-state index contributed by atoms with van der Waals surface area (Å²) in [5.74, 6) is 1.70. The summed E-state index contributed by atoms with van der Waals surface area (Å²) in [6.07, 6.45) is 17.2. The van der Waals surface area contributed by atoms with Crippen LogP contribution in [0.4, 0.5) is 0 Å². The van der Waals surface area contributed by atoms with Crippen LogP contribution < -0.4 is 0 Å². The van der Waals surface area contributed by atoms with E-state index in [1.807, 2.05) is 0 Å². The highest BCUT2D eigenvalue weighted by Crippen LogP contribution is 2.35. The maximum Gasteiger partial charge on any atom is 0.314 e. The SMILES string of the molecule is CCCCC(Cl)(CCCCCC(C)C)CCCCCC(C)C.O=[PH](O)O. The maximum absolute atomic E-state index is 8.74. The lowest BCUT2D eigenvalue weighted by atomic mass is 9.88. The van der Waals surface area contributed by atoms with E-state index in [-0.39, 0.29) is 4.87 Å². The first-order chi connectivity index (χ1) is 12.1. The van der Waals surface area contributed by atoms with Gasteiger partial charge in [0.05, 0.1) is 0 Å². The molecule has 0 aromatic heterocycles. The van der Waals surface area contributed by atoms with Crippen molar-refractivity contribution in [3.8, 4) is 0 Å².